The minimum Gasteiger partial charge on any atom is -0.497 e. The molecule has 0 saturated heterocycles. The molecule has 24 heavy (non-hydrogen) atoms. The summed E-state index contributed by atoms with van der Waals surface area (Å²) in [6.07, 6.45) is 1.47. The van der Waals surface area contributed by atoms with Gasteiger partial charge in [-0.1, -0.05) is 11.8 Å². The second-order valence-corrected chi connectivity index (χ2v) is 5.79. The number of ether oxygens (including phenoxy) is 1. The van der Waals surface area contributed by atoms with Crippen LogP contribution in [0.5, 0.6) is 5.75 Å². The molecular weight excluding hydrogens is 330 g/mol. The standard InChI is InChI=1S/C15H15N5O3S/c1-16-12(21)8-24-15-18-13-11(14(22)19-15)7-17-20(13)9-3-5-10(23-2)6-4-9/h3-7H,8H2,1-2H3,(H,16,21)(H,18,19,22). The predicted molar refractivity (Wildman–Crippen MR) is 90.8 cm³/mol. The molecule has 0 saturated carbocycles. The van der Waals surface area contributed by atoms with Crippen molar-refractivity contribution in [1.29, 1.82) is 0 Å². The van der Waals surface area contributed by atoms with Crippen LogP contribution in [0.25, 0.3) is 16.7 Å². The fourth-order valence-corrected chi connectivity index (χ4v) is 2.81. The van der Waals surface area contributed by atoms with Gasteiger partial charge in [0.1, 0.15) is 11.1 Å². The van der Waals surface area contributed by atoms with Gasteiger partial charge in [0, 0.05) is 7.05 Å². The number of hydrogen-bond acceptors (Lipinski definition) is 6. The molecule has 3 rings (SSSR count). The van der Waals surface area contributed by atoms with Crippen molar-refractivity contribution in [3.05, 3.63) is 40.8 Å². The minimum atomic E-state index is -0.292. The van der Waals surface area contributed by atoms with Crippen LogP contribution >= 0.6 is 11.8 Å². The van der Waals surface area contributed by atoms with E-state index in [1.807, 2.05) is 12.1 Å². The molecule has 0 aliphatic heterocycles. The van der Waals surface area contributed by atoms with E-state index in [0.717, 1.165) is 23.2 Å². The Labute approximate surface area is 141 Å². The summed E-state index contributed by atoms with van der Waals surface area (Å²) in [7, 11) is 3.15. The molecule has 0 aliphatic carbocycles. The maximum atomic E-state index is 12.2. The maximum absolute atomic E-state index is 12.2. The highest BCUT2D eigenvalue weighted by Gasteiger charge is 2.12. The number of nitrogens with one attached hydrogen (secondary N) is 2. The Bertz CT molecular complexity index is 932. The van der Waals surface area contributed by atoms with Crippen molar-refractivity contribution < 1.29 is 9.53 Å². The second-order valence-electron chi connectivity index (χ2n) is 4.82. The minimum absolute atomic E-state index is 0.147. The molecule has 3 aromatic rings. The van der Waals surface area contributed by atoms with Gasteiger partial charge in [0.05, 0.1) is 24.7 Å². The lowest BCUT2D eigenvalue weighted by molar-refractivity contribution is -0.118. The first-order chi connectivity index (χ1) is 11.6. The molecule has 0 unspecified atom stereocenters. The van der Waals surface area contributed by atoms with Gasteiger partial charge in [-0.15, -0.1) is 0 Å². The summed E-state index contributed by atoms with van der Waals surface area (Å²) in [5.41, 5.74) is 0.897. The summed E-state index contributed by atoms with van der Waals surface area (Å²) in [6, 6.07) is 7.26. The van der Waals surface area contributed by atoms with Gasteiger partial charge < -0.3 is 15.0 Å². The van der Waals surface area contributed by atoms with Gasteiger partial charge >= 0.3 is 0 Å². The molecule has 0 atom stereocenters. The fraction of sp³-hybridized carbons (Fsp3) is 0.200. The van der Waals surface area contributed by atoms with Crippen LogP contribution in [0.1, 0.15) is 0 Å². The normalized spacial score (nSPS) is 10.8. The Morgan fingerprint density at radius 2 is 2.12 bits per heavy atom. The van der Waals surface area contributed by atoms with E-state index >= 15 is 0 Å². The van der Waals surface area contributed by atoms with Crippen molar-refractivity contribution in [2.45, 2.75) is 5.16 Å². The van der Waals surface area contributed by atoms with Crippen LogP contribution in [0, 0.1) is 0 Å². The first kappa shape index (κ1) is 16.1. The largest absolute Gasteiger partial charge is 0.497 e. The molecule has 2 N–H and O–H groups in total. The molecular formula is C15H15N5O3S. The third-order valence-electron chi connectivity index (χ3n) is 3.35. The summed E-state index contributed by atoms with van der Waals surface area (Å²) in [6.45, 7) is 0. The van der Waals surface area contributed by atoms with E-state index < -0.39 is 0 Å². The van der Waals surface area contributed by atoms with Gasteiger partial charge in [-0.2, -0.15) is 5.10 Å². The highest BCUT2D eigenvalue weighted by Crippen LogP contribution is 2.19. The van der Waals surface area contributed by atoms with Crippen molar-refractivity contribution >= 4 is 28.7 Å². The zero-order chi connectivity index (χ0) is 17.1. The van der Waals surface area contributed by atoms with E-state index in [9.17, 15) is 9.59 Å². The zero-order valence-electron chi connectivity index (χ0n) is 13.1. The van der Waals surface area contributed by atoms with Crippen LogP contribution in [-0.4, -0.2) is 45.6 Å². The van der Waals surface area contributed by atoms with E-state index in [0.29, 0.717) is 16.2 Å². The molecule has 2 aromatic heterocycles. The quantitative estimate of drug-likeness (QED) is 0.527. The van der Waals surface area contributed by atoms with Gasteiger partial charge in [0.2, 0.25) is 5.91 Å². The SMILES string of the molecule is CNC(=O)CSc1nc2c(cnn2-c2ccc(OC)cc2)c(=O)[nH]1. The molecule has 9 heteroatoms. The lowest BCUT2D eigenvalue weighted by Gasteiger charge is -2.05. The van der Waals surface area contributed by atoms with Crippen LogP contribution in [0.3, 0.4) is 0 Å². The highest BCUT2D eigenvalue weighted by atomic mass is 32.2. The molecule has 1 aromatic carbocycles. The van der Waals surface area contributed by atoms with Gasteiger partial charge in [0.25, 0.3) is 5.56 Å². The maximum Gasteiger partial charge on any atom is 0.262 e. The number of benzene rings is 1. The van der Waals surface area contributed by atoms with Crippen molar-refractivity contribution in [3.8, 4) is 11.4 Å². The Kier molecular flexibility index (Phi) is 4.52. The van der Waals surface area contributed by atoms with E-state index in [-0.39, 0.29) is 17.2 Å². The summed E-state index contributed by atoms with van der Waals surface area (Å²) in [5.74, 6) is 0.746. The molecule has 124 valence electrons. The molecule has 0 radical (unpaired) electrons. The van der Waals surface area contributed by atoms with E-state index in [4.69, 9.17) is 4.74 Å². The van der Waals surface area contributed by atoms with Crippen molar-refractivity contribution in [2.75, 3.05) is 19.9 Å². The van der Waals surface area contributed by atoms with Crippen molar-refractivity contribution in [1.82, 2.24) is 25.1 Å². The Morgan fingerprint density at radius 1 is 1.38 bits per heavy atom. The summed E-state index contributed by atoms with van der Waals surface area (Å²) in [5, 5.41) is 7.51. The number of nitrogens with zero attached hydrogens (tertiary/aromatic N) is 3. The lowest BCUT2D eigenvalue weighted by atomic mass is 10.3. The monoisotopic (exact) mass is 345 g/mol. The van der Waals surface area contributed by atoms with Crippen LogP contribution in [0.4, 0.5) is 0 Å². The van der Waals surface area contributed by atoms with Gasteiger partial charge in [-0.3, -0.25) is 9.59 Å². The Hall–Kier alpha value is -2.81. The number of amides is 1. The number of carbonyl (C=O) groups excluding carboxylic acids is 1. The topological polar surface area (TPSA) is 102 Å². The highest BCUT2D eigenvalue weighted by molar-refractivity contribution is 7.99. The summed E-state index contributed by atoms with van der Waals surface area (Å²) < 4.78 is 6.71. The van der Waals surface area contributed by atoms with Crippen molar-refractivity contribution in [2.24, 2.45) is 0 Å². The summed E-state index contributed by atoms with van der Waals surface area (Å²) >= 11 is 1.16. The molecule has 8 nitrogen and oxygen atoms in total. The third-order valence-corrected chi connectivity index (χ3v) is 4.23. The fourth-order valence-electron chi connectivity index (χ4n) is 2.09. The number of hydrogen-bond donors (Lipinski definition) is 2. The molecule has 0 bridgehead atoms. The number of carbonyl (C=O) groups is 1. The number of aromatic amines is 1. The van der Waals surface area contributed by atoms with Crippen molar-refractivity contribution in [3.63, 3.8) is 0 Å². The second kappa shape index (κ2) is 6.75. The molecule has 0 spiro atoms. The number of thioether (sulfide) groups is 1. The number of aromatic nitrogens is 4. The van der Waals surface area contributed by atoms with E-state index in [1.54, 1.807) is 31.0 Å². The Morgan fingerprint density at radius 3 is 2.79 bits per heavy atom. The lowest BCUT2D eigenvalue weighted by Crippen LogP contribution is -2.20. The summed E-state index contributed by atoms with van der Waals surface area (Å²) in [4.78, 5) is 30.6. The van der Waals surface area contributed by atoms with E-state index in [2.05, 4.69) is 20.4 Å². The van der Waals surface area contributed by atoms with Crippen LogP contribution in [-0.2, 0) is 4.79 Å². The predicted octanol–water partition coefficient (Wildman–Crippen LogP) is 0.955. The van der Waals surface area contributed by atoms with Crippen LogP contribution < -0.4 is 15.6 Å². The number of methoxy groups -OCH3 is 1. The van der Waals surface area contributed by atoms with E-state index in [1.165, 1.54) is 6.20 Å². The van der Waals surface area contributed by atoms with Crippen LogP contribution in [0.2, 0.25) is 0 Å². The smallest absolute Gasteiger partial charge is 0.262 e. The average Bonchev–Trinajstić information content (AvgIpc) is 3.04. The zero-order valence-corrected chi connectivity index (χ0v) is 13.9. The molecule has 0 fully saturated rings. The van der Waals surface area contributed by atoms with Crippen LogP contribution in [0.15, 0.2) is 40.4 Å². The first-order valence-electron chi connectivity index (χ1n) is 7.08. The van der Waals surface area contributed by atoms with Gasteiger partial charge in [-0.25, -0.2) is 9.67 Å². The molecule has 2 heterocycles. The number of fused-ring (bicyclic) bond motifs is 1. The first-order valence-corrected chi connectivity index (χ1v) is 8.07. The molecule has 1 amide bonds. The number of H-pyrrole nitrogens is 1. The average molecular weight is 345 g/mol. The number of rotatable bonds is 5. The Balaban J connectivity index is 2.01. The molecule has 0 aliphatic rings. The van der Waals surface area contributed by atoms with Gasteiger partial charge in [0.15, 0.2) is 10.8 Å². The van der Waals surface area contributed by atoms with Gasteiger partial charge in [-0.05, 0) is 24.3 Å². The third kappa shape index (κ3) is 3.11.